The predicted octanol–water partition coefficient (Wildman–Crippen LogP) is 1.17. The van der Waals surface area contributed by atoms with E-state index in [1.54, 1.807) is 0 Å². The van der Waals surface area contributed by atoms with Gasteiger partial charge in [0, 0.05) is 0 Å². The number of nitrogens with zero attached hydrogens (tertiary/aromatic N) is 1. The summed E-state index contributed by atoms with van der Waals surface area (Å²) in [4.78, 5) is 37.2. The number of amides is 2. The molecular weight excluding hydrogens is 234 g/mol. The Morgan fingerprint density at radius 2 is 1.56 bits per heavy atom. The van der Waals surface area contributed by atoms with Crippen LogP contribution in [0.15, 0.2) is 0 Å². The van der Waals surface area contributed by atoms with Gasteiger partial charge in [0.05, 0.1) is 11.8 Å². The Labute approximate surface area is 105 Å². The molecule has 1 N–H and O–H groups in total. The highest BCUT2D eigenvalue weighted by Gasteiger charge is 2.61. The number of imide groups is 1. The molecular formula is C13H17NO4. The van der Waals surface area contributed by atoms with Crippen LogP contribution in [0.25, 0.3) is 0 Å². The third-order valence-electron chi connectivity index (χ3n) is 4.85. The van der Waals surface area contributed by atoms with Crippen LogP contribution in [0.2, 0.25) is 0 Å². The van der Waals surface area contributed by atoms with Gasteiger partial charge in [-0.05, 0) is 32.1 Å². The molecule has 0 aromatic heterocycles. The fourth-order valence-electron chi connectivity index (χ4n) is 3.63. The molecule has 1 aliphatic heterocycles. The van der Waals surface area contributed by atoms with Gasteiger partial charge in [-0.15, -0.1) is 0 Å². The lowest BCUT2D eigenvalue weighted by Gasteiger charge is -2.43. The molecule has 0 radical (unpaired) electrons. The minimum absolute atomic E-state index is 0.230. The second kappa shape index (κ2) is 3.80. The normalized spacial score (nSPS) is 34.1. The predicted molar refractivity (Wildman–Crippen MR) is 61.5 cm³/mol. The molecule has 0 bridgehead atoms. The van der Waals surface area contributed by atoms with Crippen molar-refractivity contribution in [1.82, 2.24) is 4.90 Å². The Balaban J connectivity index is 1.95. The average molecular weight is 251 g/mol. The number of carbonyl (C=O) groups is 3. The Morgan fingerprint density at radius 3 is 1.89 bits per heavy atom. The Morgan fingerprint density at radius 1 is 1.06 bits per heavy atom. The van der Waals surface area contributed by atoms with Gasteiger partial charge in [-0.2, -0.15) is 0 Å². The minimum Gasteiger partial charge on any atom is -0.479 e. The Bertz CT molecular complexity index is 403. The molecule has 3 aliphatic rings. The molecule has 0 aromatic rings. The number of rotatable bonds is 2. The van der Waals surface area contributed by atoms with Crippen molar-refractivity contribution in [2.75, 3.05) is 0 Å². The van der Waals surface area contributed by atoms with Crippen LogP contribution in [0, 0.1) is 11.8 Å². The van der Waals surface area contributed by atoms with Gasteiger partial charge >= 0.3 is 5.97 Å². The van der Waals surface area contributed by atoms with Gasteiger partial charge in [0.1, 0.15) is 5.54 Å². The van der Waals surface area contributed by atoms with Crippen LogP contribution in [0.5, 0.6) is 0 Å². The number of hydrogen-bond donors (Lipinski definition) is 1. The topological polar surface area (TPSA) is 74.7 Å². The molecule has 5 heteroatoms. The highest BCUT2D eigenvalue weighted by atomic mass is 16.4. The summed E-state index contributed by atoms with van der Waals surface area (Å²) in [5.74, 6) is -1.97. The summed E-state index contributed by atoms with van der Waals surface area (Å²) in [6.07, 6.45) is 5.02. The standard InChI is InChI=1S/C13H17NO4/c15-10-8-4-1-2-5-9(8)11(16)14(10)13(12(17)18)6-3-7-13/h8-9H,1-7H2,(H,17,18). The maximum absolute atomic E-state index is 12.3. The summed E-state index contributed by atoms with van der Waals surface area (Å²) in [5.41, 5.74) is -1.22. The first-order valence-electron chi connectivity index (χ1n) is 6.69. The van der Waals surface area contributed by atoms with Gasteiger partial charge < -0.3 is 5.11 Å². The fourth-order valence-corrected chi connectivity index (χ4v) is 3.63. The molecule has 98 valence electrons. The molecule has 3 rings (SSSR count). The maximum Gasteiger partial charge on any atom is 0.330 e. The Hall–Kier alpha value is -1.39. The van der Waals surface area contributed by atoms with Gasteiger partial charge in [-0.25, -0.2) is 4.79 Å². The van der Waals surface area contributed by atoms with E-state index >= 15 is 0 Å². The molecule has 2 aliphatic carbocycles. The van der Waals surface area contributed by atoms with Gasteiger partial charge in [0.15, 0.2) is 0 Å². The zero-order valence-electron chi connectivity index (χ0n) is 10.2. The summed E-state index contributed by atoms with van der Waals surface area (Å²) < 4.78 is 0. The van der Waals surface area contributed by atoms with E-state index in [1.807, 2.05) is 0 Å². The van der Waals surface area contributed by atoms with Crippen LogP contribution in [0.4, 0.5) is 0 Å². The lowest BCUT2D eigenvalue weighted by Crippen LogP contribution is -2.61. The van der Waals surface area contributed by atoms with Crippen LogP contribution >= 0.6 is 0 Å². The summed E-state index contributed by atoms with van der Waals surface area (Å²) in [6, 6.07) is 0. The summed E-state index contributed by atoms with van der Waals surface area (Å²) in [7, 11) is 0. The van der Waals surface area contributed by atoms with Crippen LogP contribution in [0.1, 0.15) is 44.9 Å². The number of likely N-dealkylation sites (tertiary alicyclic amines) is 1. The van der Waals surface area contributed by atoms with Crippen LogP contribution in [-0.2, 0) is 14.4 Å². The van der Waals surface area contributed by atoms with Crippen molar-refractivity contribution in [2.24, 2.45) is 11.8 Å². The quantitative estimate of drug-likeness (QED) is 0.747. The van der Waals surface area contributed by atoms with Gasteiger partial charge in [0.25, 0.3) is 0 Å². The van der Waals surface area contributed by atoms with Crippen LogP contribution < -0.4 is 0 Å². The van der Waals surface area contributed by atoms with Crippen molar-refractivity contribution < 1.29 is 19.5 Å². The molecule has 2 amide bonds. The number of aliphatic carboxylic acids is 1. The van der Waals surface area contributed by atoms with Gasteiger partial charge in [-0.3, -0.25) is 14.5 Å². The molecule has 2 saturated carbocycles. The SMILES string of the molecule is O=C1C2CCCCC2C(=O)N1C1(C(=O)O)CCC1. The summed E-state index contributed by atoms with van der Waals surface area (Å²) in [6.45, 7) is 0. The first-order chi connectivity index (χ1) is 8.58. The number of carbonyl (C=O) groups excluding carboxylic acids is 2. The second-order valence-corrected chi connectivity index (χ2v) is 5.70. The fraction of sp³-hybridized carbons (Fsp3) is 0.769. The van der Waals surface area contributed by atoms with E-state index in [2.05, 4.69) is 0 Å². The van der Waals surface area contributed by atoms with Crippen molar-refractivity contribution in [2.45, 2.75) is 50.5 Å². The van der Waals surface area contributed by atoms with E-state index in [4.69, 9.17) is 0 Å². The number of carboxylic acids is 1. The highest BCUT2D eigenvalue weighted by Crippen LogP contribution is 2.46. The molecule has 1 heterocycles. The van der Waals surface area contributed by atoms with Crippen molar-refractivity contribution in [3.05, 3.63) is 0 Å². The van der Waals surface area contributed by atoms with Crippen molar-refractivity contribution >= 4 is 17.8 Å². The molecule has 3 fully saturated rings. The Kier molecular flexibility index (Phi) is 2.47. The molecule has 5 nitrogen and oxygen atoms in total. The van der Waals surface area contributed by atoms with Gasteiger partial charge in [-0.1, -0.05) is 12.8 Å². The van der Waals surface area contributed by atoms with E-state index in [9.17, 15) is 19.5 Å². The van der Waals surface area contributed by atoms with Gasteiger partial charge in [0.2, 0.25) is 11.8 Å². The van der Waals surface area contributed by atoms with Crippen LogP contribution in [-0.4, -0.2) is 33.3 Å². The lowest BCUT2D eigenvalue weighted by atomic mass is 9.75. The first-order valence-corrected chi connectivity index (χ1v) is 6.69. The average Bonchev–Trinajstić information content (AvgIpc) is 2.54. The molecule has 1 saturated heterocycles. The lowest BCUT2D eigenvalue weighted by molar-refractivity contribution is -0.170. The molecule has 0 spiro atoms. The largest absolute Gasteiger partial charge is 0.479 e. The molecule has 0 aromatic carbocycles. The highest BCUT2D eigenvalue weighted by molar-refractivity contribution is 6.09. The second-order valence-electron chi connectivity index (χ2n) is 5.70. The molecule has 18 heavy (non-hydrogen) atoms. The minimum atomic E-state index is -1.22. The molecule has 2 atom stereocenters. The zero-order valence-corrected chi connectivity index (χ0v) is 10.2. The monoisotopic (exact) mass is 251 g/mol. The summed E-state index contributed by atoms with van der Waals surface area (Å²) >= 11 is 0. The van der Waals surface area contributed by atoms with E-state index in [0.717, 1.165) is 37.0 Å². The van der Waals surface area contributed by atoms with E-state index in [-0.39, 0.29) is 23.7 Å². The first kappa shape index (κ1) is 11.7. The van der Waals surface area contributed by atoms with Crippen molar-refractivity contribution in [1.29, 1.82) is 0 Å². The van der Waals surface area contributed by atoms with Crippen molar-refractivity contribution in [3.8, 4) is 0 Å². The number of hydrogen-bond acceptors (Lipinski definition) is 3. The number of carboxylic acid groups (broad SMARTS) is 1. The molecule has 2 unspecified atom stereocenters. The smallest absolute Gasteiger partial charge is 0.330 e. The van der Waals surface area contributed by atoms with E-state index in [1.165, 1.54) is 0 Å². The third kappa shape index (κ3) is 1.30. The van der Waals surface area contributed by atoms with E-state index < -0.39 is 11.5 Å². The maximum atomic E-state index is 12.3. The summed E-state index contributed by atoms with van der Waals surface area (Å²) in [5, 5.41) is 9.37. The third-order valence-corrected chi connectivity index (χ3v) is 4.85. The zero-order chi connectivity index (χ0) is 12.9. The van der Waals surface area contributed by atoms with Crippen molar-refractivity contribution in [3.63, 3.8) is 0 Å². The number of fused-ring (bicyclic) bond motifs is 1. The van der Waals surface area contributed by atoms with Crippen LogP contribution in [0.3, 0.4) is 0 Å². The van der Waals surface area contributed by atoms with E-state index in [0.29, 0.717) is 12.8 Å².